The fourth-order valence-corrected chi connectivity index (χ4v) is 2.11. The third-order valence-corrected chi connectivity index (χ3v) is 3.25. The molecule has 2 aromatic rings. The van der Waals surface area contributed by atoms with Crippen molar-refractivity contribution >= 4 is 22.9 Å². The first kappa shape index (κ1) is 11.4. The Balaban J connectivity index is 1.92. The molecular formula is C11H11ClN2OS. The standard InChI is InChI=1S/C11H11ClN2OS/c12-10-3-1-2-8(11(10)15)4-13-5-9-6-14-7-16-9/h1-3,6-7,13,15H,4-5H2. The van der Waals surface area contributed by atoms with E-state index in [2.05, 4.69) is 10.3 Å². The van der Waals surface area contributed by atoms with E-state index in [1.165, 1.54) is 4.88 Å². The van der Waals surface area contributed by atoms with Crippen molar-refractivity contribution in [2.45, 2.75) is 13.1 Å². The largest absolute Gasteiger partial charge is 0.506 e. The van der Waals surface area contributed by atoms with Gasteiger partial charge in [0.15, 0.2) is 0 Å². The summed E-state index contributed by atoms with van der Waals surface area (Å²) in [5.41, 5.74) is 2.60. The number of thiazole rings is 1. The zero-order chi connectivity index (χ0) is 11.4. The number of hydrogen-bond donors (Lipinski definition) is 2. The van der Waals surface area contributed by atoms with Gasteiger partial charge in [-0.15, -0.1) is 11.3 Å². The number of para-hydroxylation sites is 1. The van der Waals surface area contributed by atoms with Gasteiger partial charge < -0.3 is 10.4 Å². The molecule has 0 spiro atoms. The summed E-state index contributed by atoms with van der Waals surface area (Å²) in [5.74, 6) is 0.154. The maximum absolute atomic E-state index is 9.67. The first-order valence-electron chi connectivity index (χ1n) is 4.82. The van der Waals surface area contributed by atoms with E-state index in [-0.39, 0.29) is 5.75 Å². The summed E-state index contributed by atoms with van der Waals surface area (Å²) in [6.45, 7) is 1.33. The van der Waals surface area contributed by atoms with E-state index in [1.54, 1.807) is 22.9 Å². The first-order valence-corrected chi connectivity index (χ1v) is 6.07. The third kappa shape index (κ3) is 2.72. The molecule has 2 rings (SSSR count). The van der Waals surface area contributed by atoms with Crippen LogP contribution in [0.5, 0.6) is 5.75 Å². The second-order valence-corrected chi connectivity index (χ2v) is 4.70. The summed E-state index contributed by atoms with van der Waals surface area (Å²) in [5, 5.41) is 13.3. The van der Waals surface area contributed by atoms with Crippen molar-refractivity contribution in [3.63, 3.8) is 0 Å². The molecule has 0 aliphatic carbocycles. The Morgan fingerprint density at radius 3 is 3.00 bits per heavy atom. The smallest absolute Gasteiger partial charge is 0.138 e. The molecule has 0 aliphatic rings. The van der Waals surface area contributed by atoms with Crippen molar-refractivity contribution < 1.29 is 5.11 Å². The number of benzene rings is 1. The van der Waals surface area contributed by atoms with Gasteiger partial charge in [-0.1, -0.05) is 23.7 Å². The molecule has 0 fully saturated rings. The van der Waals surface area contributed by atoms with Crippen LogP contribution in [0.4, 0.5) is 0 Å². The van der Waals surface area contributed by atoms with Gasteiger partial charge in [0, 0.05) is 29.7 Å². The van der Waals surface area contributed by atoms with Crippen LogP contribution < -0.4 is 5.32 Å². The highest BCUT2D eigenvalue weighted by Gasteiger charge is 2.04. The Morgan fingerprint density at radius 2 is 2.25 bits per heavy atom. The van der Waals surface area contributed by atoms with Gasteiger partial charge in [-0.25, -0.2) is 0 Å². The monoisotopic (exact) mass is 254 g/mol. The third-order valence-electron chi connectivity index (χ3n) is 2.17. The van der Waals surface area contributed by atoms with Crippen LogP contribution >= 0.6 is 22.9 Å². The first-order chi connectivity index (χ1) is 7.77. The molecule has 0 atom stereocenters. The molecule has 2 N–H and O–H groups in total. The number of rotatable bonds is 4. The molecule has 0 bridgehead atoms. The van der Waals surface area contributed by atoms with Gasteiger partial charge in [0.05, 0.1) is 10.5 Å². The quantitative estimate of drug-likeness (QED) is 0.882. The van der Waals surface area contributed by atoms with Crippen molar-refractivity contribution in [2.75, 3.05) is 0 Å². The Bertz CT molecular complexity index is 459. The van der Waals surface area contributed by atoms with Crippen LogP contribution in [0.2, 0.25) is 5.02 Å². The van der Waals surface area contributed by atoms with Crippen molar-refractivity contribution in [2.24, 2.45) is 0 Å². The maximum Gasteiger partial charge on any atom is 0.138 e. The molecule has 0 unspecified atom stereocenters. The highest BCUT2D eigenvalue weighted by atomic mass is 35.5. The number of nitrogens with zero attached hydrogens (tertiary/aromatic N) is 1. The van der Waals surface area contributed by atoms with Gasteiger partial charge in [-0.3, -0.25) is 4.98 Å². The zero-order valence-corrected chi connectivity index (χ0v) is 10.1. The predicted molar refractivity (Wildman–Crippen MR) is 65.8 cm³/mol. The number of aromatic nitrogens is 1. The van der Waals surface area contributed by atoms with Crippen LogP contribution in [-0.4, -0.2) is 10.1 Å². The van der Waals surface area contributed by atoms with E-state index in [1.807, 2.05) is 18.3 Å². The van der Waals surface area contributed by atoms with Crippen molar-refractivity contribution in [1.29, 1.82) is 0 Å². The molecule has 1 heterocycles. The van der Waals surface area contributed by atoms with Gasteiger partial charge in [0.1, 0.15) is 5.75 Å². The second-order valence-electron chi connectivity index (χ2n) is 3.32. The minimum Gasteiger partial charge on any atom is -0.506 e. The lowest BCUT2D eigenvalue weighted by atomic mass is 10.2. The number of phenols is 1. The van der Waals surface area contributed by atoms with Crippen molar-refractivity contribution in [3.8, 4) is 5.75 Å². The van der Waals surface area contributed by atoms with Crippen LogP contribution in [0.3, 0.4) is 0 Å². The van der Waals surface area contributed by atoms with Gasteiger partial charge >= 0.3 is 0 Å². The van der Waals surface area contributed by atoms with Crippen LogP contribution in [0.1, 0.15) is 10.4 Å². The van der Waals surface area contributed by atoms with Crippen LogP contribution in [0.25, 0.3) is 0 Å². The molecule has 0 saturated heterocycles. The SMILES string of the molecule is Oc1c(Cl)cccc1CNCc1cncs1. The molecule has 0 radical (unpaired) electrons. The fourth-order valence-electron chi connectivity index (χ4n) is 1.35. The molecular weight excluding hydrogens is 244 g/mol. The average Bonchev–Trinajstić information content (AvgIpc) is 2.77. The summed E-state index contributed by atoms with van der Waals surface area (Å²) in [4.78, 5) is 5.16. The minimum atomic E-state index is 0.154. The Morgan fingerprint density at radius 1 is 1.38 bits per heavy atom. The number of halogens is 1. The van der Waals surface area contributed by atoms with E-state index in [4.69, 9.17) is 11.6 Å². The topological polar surface area (TPSA) is 45.1 Å². The number of hydrogen-bond acceptors (Lipinski definition) is 4. The molecule has 1 aromatic heterocycles. The van der Waals surface area contributed by atoms with Gasteiger partial charge in [-0.2, -0.15) is 0 Å². The summed E-state index contributed by atoms with van der Waals surface area (Å²) in [6, 6.07) is 5.34. The maximum atomic E-state index is 9.67. The number of phenolic OH excluding ortho intramolecular Hbond substituents is 1. The second kappa shape index (κ2) is 5.30. The molecule has 1 aromatic carbocycles. The highest BCUT2D eigenvalue weighted by Crippen LogP contribution is 2.26. The lowest BCUT2D eigenvalue weighted by Crippen LogP contribution is -2.11. The highest BCUT2D eigenvalue weighted by molar-refractivity contribution is 7.09. The summed E-state index contributed by atoms with van der Waals surface area (Å²) in [7, 11) is 0. The average molecular weight is 255 g/mol. The lowest BCUT2D eigenvalue weighted by Gasteiger charge is -2.06. The van der Waals surface area contributed by atoms with Gasteiger partial charge in [-0.05, 0) is 6.07 Å². The van der Waals surface area contributed by atoms with Gasteiger partial charge in [0.25, 0.3) is 0 Å². The summed E-state index contributed by atoms with van der Waals surface area (Å²) >= 11 is 7.41. The number of aromatic hydroxyl groups is 1. The minimum absolute atomic E-state index is 0.154. The lowest BCUT2D eigenvalue weighted by molar-refractivity contribution is 0.465. The number of nitrogens with one attached hydrogen (secondary N) is 1. The van der Waals surface area contributed by atoms with E-state index < -0.39 is 0 Å². The summed E-state index contributed by atoms with van der Waals surface area (Å²) in [6.07, 6.45) is 1.83. The van der Waals surface area contributed by atoms with Crippen LogP contribution in [0, 0.1) is 0 Å². The molecule has 5 heteroatoms. The molecule has 0 amide bonds. The van der Waals surface area contributed by atoms with E-state index in [0.717, 1.165) is 12.1 Å². The van der Waals surface area contributed by atoms with Crippen LogP contribution in [-0.2, 0) is 13.1 Å². The molecule has 3 nitrogen and oxygen atoms in total. The van der Waals surface area contributed by atoms with Crippen LogP contribution in [0.15, 0.2) is 29.9 Å². The molecule has 0 aliphatic heterocycles. The Hall–Kier alpha value is -1.10. The van der Waals surface area contributed by atoms with E-state index in [0.29, 0.717) is 11.6 Å². The fraction of sp³-hybridized carbons (Fsp3) is 0.182. The zero-order valence-electron chi connectivity index (χ0n) is 8.48. The summed E-state index contributed by atoms with van der Waals surface area (Å²) < 4.78 is 0. The van der Waals surface area contributed by atoms with E-state index in [9.17, 15) is 5.11 Å². The Kier molecular flexibility index (Phi) is 3.77. The van der Waals surface area contributed by atoms with Crippen molar-refractivity contribution in [3.05, 3.63) is 45.4 Å². The predicted octanol–water partition coefficient (Wildman–Crippen LogP) is 2.79. The van der Waals surface area contributed by atoms with Gasteiger partial charge in [0.2, 0.25) is 0 Å². The normalized spacial score (nSPS) is 10.6. The Labute approximate surface area is 103 Å². The molecule has 84 valence electrons. The van der Waals surface area contributed by atoms with E-state index >= 15 is 0 Å². The molecule has 16 heavy (non-hydrogen) atoms. The molecule has 0 saturated carbocycles. The van der Waals surface area contributed by atoms with Crippen molar-refractivity contribution in [1.82, 2.24) is 10.3 Å².